The highest BCUT2D eigenvalue weighted by molar-refractivity contribution is 9.09. The van der Waals surface area contributed by atoms with Crippen molar-refractivity contribution in [2.45, 2.75) is 12.8 Å². The van der Waals surface area contributed by atoms with E-state index in [0.717, 1.165) is 16.5 Å². The van der Waals surface area contributed by atoms with Crippen LogP contribution >= 0.6 is 15.9 Å². The lowest BCUT2D eigenvalue weighted by Gasteiger charge is -2.12. The fourth-order valence-corrected chi connectivity index (χ4v) is 1.59. The van der Waals surface area contributed by atoms with Crippen LogP contribution in [-0.4, -0.2) is 5.33 Å². The standard InChI is InChI=1S/C11H12BrF/c1-8(7-12)9(2)10-3-5-11(13)6-4-10/h3-6,9H,1,7H2,2H3. The number of halogens is 2. The van der Waals surface area contributed by atoms with E-state index in [1.165, 1.54) is 12.1 Å². The minimum absolute atomic E-state index is 0.194. The van der Waals surface area contributed by atoms with E-state index in [1.807, 2.05) is 0 Å². The molecule has 13 heavy (non-hydrogen) atoms. The molecule has 0 saturated heterocycles. The van der Waals surface area contributed by atoms with Gasteiger partial charge in [0.25, 0.3) is 0 Å². The SMILES string of the molecule is C=C(CBr)C(C)c1ccc(F)cc1. The molecule has 0 radical (unpaired) electrons. The van der Waals surface area contributed by atoms with E-state index >= 15 is 0 Å². The van der Waals surface area contributed by atoms with E-state index in [2.05, 4.69) is 29.4 Å². The Morgan fingerprint density at radius 1 is 1.46 bits per heavy atom. The largest absolute Gasteiger partial charge is 0.207 e. The average molecular weight is 243 g/mol. The Balaban J connectivity index is 2.83. The molecule has 1 aromatic carbocycles. The van der Waals surface area contributed by atoms with Gasteiger partial charge in [0.15, 0.2) is 0 Å². The van der Waals surface area contributed by atoms with Gasteiger partial charge in [-0.2, -0.15) is 0 Å². The number of allylic oxidation sites excluding steroid dienone is 1. The Hall–Kier alpha value is -0.630. The molecule has 0 heterocycles. The summed E-state index contributed by atoms with van der Waals surface area (Å²) < 4.78 is 12.6. The Morgan fingerprint density at radius 3 is 2.46 bits per heavy atom. The lowest BCUT2D eigenvalue weighted by atomic mass is 9.95. The zero-order valence-corrected chi connectivity index (χ0v) is 9.14. The second kappa shape index (κ2) is 4.56. The van der Waals surface area contributed by atoms with Crippen LogP contribution < -0.4 is 0 Å². The van der Waals surface area contributed by atoms with Gasteiger partial charge < -0.3 is 0 Å². The predicted octanol–water partition coefficient (Wildman–Crippen LogP) is 3.88. The van der Waals surface area contributed by atoms with Gasteiger partial charge in [-0.15, -0.1) is 0 Å². The van der Waals surface area contributed by atoms with E-state index in [9.17, 15) is 4.39 Å². The minimum Gasteiger partial charge on any atom is -0.207 e. The maximum atomic E-state index is 12.6. The van der Waals surface area contributed by atoms with E-state index < -0.39 is 0 Å². The summed E-state index contributed by atoms with van der Waals surface area (Å²) in [5.74, 6) is 0.0837. The maximum absolute atomic E-state index is 12.6. The van der Waals surface area contributed by atoms with Crippen molar-refractivity contribution in [2.24, 2.45) is 0 Å². The number of hydrogen-bond donors (Lipinski definition) is 0. The lowest BCUT2D eigenvalue weighted by molar-refractivity contribution is 0.626. The zero-order valence-electron chi connectivity index (χ0n) is 7.56. The molecular weight excluding hydrogens is 231 g/mol. The molecule has 0 aromatic heterocycles. The molecular formula is C11H12BrF. The third-order valence-corrected chi connectivity index (χ3v) is 2.87. The Kier molecular flexibility index (Phi) is 3.67. The number of rotatable bonds is 3. The third-order valence-electron chi connectivity index (χ3n) is 2.15. The lowest BCUT2D eigenvalue weighted by Crippen LogP contribution is -1.97. The molecule has 0 saturated carbocycles. The van der Waals surface area contributed by atoms with Gasteiger partial charge in [-0.3, -0.25) is 0 Å². The summed E-state index contributed by atoms with van der Waals surface area (Å²) in [6.45, 7) is 6.00. The first kappa shape index (κ1) is 10.5. The first-order chi connectivity index (χ1) is 6.15. The van der Waals surface area contributed by atoms with Gasteiger partial charge in [0.05, 0.1) is 0 Å². The molecule has 1 unspecified atom stereocenters. The molecule has 2 heteroatoms. The molecule has 0 nitrogen and oxygen atoms in total. The van der Waals surface area contributed by atoms with Crippen molar-refractivity contribution in [3.63, 3.8) is 0 Å². The highest BCUT2D eigenvalue weighted by Crippen LogP contribution is 2.23. The molecule has 0 amide bonds. The summed E-state index contributed by atoms with van der Waals surface area (Å²) in [6, 6.07) is 6.56. The molecule has 0 fully saturated rings. The number of benzene rings is 1. The molecule has 0 aliphatic rings. The minimum atomic E-state index is -0.194. The monoisotopic (exact) mass is 242 g/mol. The Bertz CT molecular complexity index is 289. The average Bonchev–Trinajstić information content (AvgIpc) is 2.17. The normalized spacial score (nSPS) is 12.5. The maximum Gasteiger partial charge on any atom is 0.123 e. The van der Waals surface area contributed by atoms with Crippen molar-refractivity contribution in [3.8, 4) is 0 Å². The summed E-state index contributed by atoms with van der Waals surface area (Å²) in [4.78, 5) is 0. The van der Waals surface area contributed by atoms with Gasteiger partial charge in [0.2, 0.25) is 0 Å². The van der Waals surface area contributed by atoms with Gasteiger partial charge in [0.1, 0.15) is 5.82 Å². The smallest absolute Gasteiger partial charge is 0.123 e. The highest BCUT2D eigenvalue weighted by Gasteiger charge is 2.07. The van der Waals surface area contributed by atoms with Gasteiger partial charge in [-0.1, -0.05) is 47.1 Å². The fraction of sp³-hybridized carbons (Fsp3) is 0.273. The molecule has 0 spiro atoms. The number of alkyl halides is 1. The summed E-state index contributed by atoms with van der Waals surface area (Å²) in [5, 5.41) is 0.783. The fourth-order valence-electron chi connectivity index (χ4n) is 1.10. The highest BCUT2D eigenvalue weighted by atomic mass is 79.9. The molecule has 0 N–H and O–H groups in total. The molecule has 0 bridgehead atoms. The molecule has 70 valence electrons. The van der Waals surface area contributed by atoms with Crippen molar-refractivity contribution in [2.75, 3.05) is 5.33 Å². The summed E-state index contributed by atoms with van der Waals surface area (Å²) in [6.07, 6.45) is 0. The summed E-state index contributed by atoms with van der Waals surface area (Å²) >= 11 is 3.35. The van der Waals surface area contributed by atoms with Crippen LogP contribution in [0.5, 0.6) is 0 Å². The van der Waals surface area contributed by atoms with Crippen molar-refractivity contribution in [1.29, 1.82) is 0 Å². The molecule has 0 aliphatic heterocycles. The third kappa shape index (κ3) is 2.66. The van der Waals surface area contributed by atoms with Crippen LogP contribution in [0.2, 0.25) is 0 Å². The van der Waals surface area contributed by atoms with Crippen molar-refractivity contribution in [3.05, 3.63) is 47.8 Å². The first-order valence-electron chi connectivity index (χ1n) is 4.14. The molecule has 0 aliphatic carbocycles. The van der Waals surface area contributed by atoms with Crippen LogP contribution in [0.3, 0.4) is 0 Å². The molecule has 1 rings (SSSR count). The summed E-state index contributed by atoms with van der Waals surface area (Å²) in [5.41, 5.74) is 2.21. The second-order valence-electron chi connectivity index (χ2n) is 3.07. The van der Waals surface area contributed by atoms with Gasteiger partial charge in [0, 0.05) is 11.2 Å². The van der Waals surface area contributed by atoms with Crippen LogP contribution in [0.1, 0.15) is 18.4 Å². The summed E-state index contributed by atoms with van der Waals surface area (Å²) in [7, 11) is 0. The Morgan fingerprint density at radius 2 is 2.00 bits per heavy atom. The van der Waals surface area contributed by atoms with E-state index in [1.54, 1.807) is 12.1 Å². The van der Waals surface area contributed by atoms with Crippen molar-refractivity contribution >= 4 is 15.9 Å². The topological polar surface area (TPSA) is 0 Å². The van der Waals surface area contributed by atoms with Gasteiger partial charge in [-0.25, -0.2) is 4.39 Å². The first-order valence-corrected chi connectivity index (χ1v) is 5.26. The van der Waals surface area contributed by atoms with Gasteiger partial charge >= 0.3 is 0 Å². The van der Waals surface area contributed by atoms with Gasteiger partial charge in [-0.05, 0) is 17.7 Å². The van der Waals surface area contributed by atoms with Crippen LogP contribution in [-0.2, 0) is 0 Å². The van der Waals surface area contributed by atoms with E-state index in [-0.39, 0.29) is 11.7 Å². The van der Waals surface area contributed by atoms with Crippen molar-refractivity contribution in [1.82, 2.24) is 0 Å². The van der Waals surface area contributed by atoms with Crippen LogP contribution in [0.4, 0.5) is 4.39 Å². The van der Waals surface area contributed by atoms with Crippen LogP contribution in [0, 0.1) is 5.82 Å². The van der Waals surface area contributed by atoms with Crippen LogP contribution in [0.25, 0.3) is 0 Å². The van der Waals surface area contributed by atoms with Crippen molar-refractivity contribution < 1.29 is 4.39 Å². The predicted molar refractivity (Wildman–Crippen MR) is 57.7 cm³/mol. The Labute approximate surface area is 86.6 Å². The quantitative estimate of drug-likeness (QED) is 0.558. The number of hydrogen-bond acceptors (Lipinski definition) is 0. The molecule has 1 atom stereocenters. The van der Waals surface area contributed by atoms with E-state index in [0.29, 0.717) is 0 Å². The van der Waals surface area contributed by atoms with E-state index in [4.69, 9.17) is 0 Å². The second-order valence-corrected chi connectivity index (χ2v) is 3.63. The van der Waals surface area contributed by atoms with Crippen LogP contribution in [0.15, 0.2) is 36.4 Å². The zero-order chi connectivity index (χ0) is 9.84. The molecule has 1 aromatic rings.